The predicted octanol–water partition coefficient (Wildman–Crippen LogP) is 10.7. The van der Waals surface area contributed by atoms with E-state index in [0.29, 0.717) is 23.9 Å². The Morgan fingerprint density at radius 3 is 1.67 bits per heavy atom. The number of nitrogens with zero attached hydrogens (tertiary/aromatic N) is 1. The number of quaternary nitrogens is 1. The Morgan fingerprint density at radius 2 is 1.12 bits per heavy atom. The van der Waals surface area contributed by atoms with Crippen LogP contribution in [-0.2, 0) is 32.7 Å². The van der Waals surface area contributed by atoms with Gasteiger partial charge in [0, 0.05) is 12.8 Å². The van der Waals surface area contributed by atoms with Gasteiger partial charge in [-0.2, -0.15) is 0 Å². The van der Waals surface area contributed by atoms with Crippen molar-refractivity contribution in [3.63, 3.8) is 0 Å². The largest absolute Gasteiger partial charge is 0.472 e. The van der Waals surface area contributed by atoms with Crippen LogP contribution in [0.4, 0.5) is 0 Å². The van der Waals surface area contributed by atoms with Gasteiger partial charge in [0.05, 0.1) is 27.7 Å². The Kier molecular flexibility index (Phi) is 32.4. The highest BCUT2D eigenvalue weighted by Crippen LogP contribution is 2.43. The molecule has 0 bridgehead atoms. The minimum absolute atomic E-state index is 0.0244. The van der Waals surface area contributed by atoms with Crippen molar-refractivity contribution >= 4 is 19.8 Å². The topological polar surface area (TPSA) is 108 Å². The Labute approximate surface area is 312 Å². The zero-order chi connectivity index (χ0) is 37.9. The third-order valence-corrected chi connectivity index (χ3v) is 9.11. The van der Waals surface area contributed by atoms with Crippen LogP contribution in [0.15, 0.2) is 48.6 Å². The third-order valence-electron chi connectivity index (χ3n) is 8.12. The van der Waals surface area contributed by atoms with Crippen LogP contribution < -0.4 is 0 Å². The summed E-state index contributed by atoms with van der Waals surface area (Å²) in [5.41, 5.74) is 0. The maximum atomic E-state index is 12.6. The number of hydrogen-bond donors (Lipinski definition) is 1. The van der Waals surface area contributed by atoms with Gasteiger partial charge in [0.2, 0.25) is 0 Å². The number of carbonyl (C=O) groups is 2. The quantitative estimate of drug-likeness (QED) is 0.0225. The van der Waals surface area contributed by atoms with Gasteiger partial charge in [-0.05, 0) is 51.4 Å². The summed E-state index contributed by atoms with van der Waals surface area (Å²) in [5.74, 6) is -0.850. The number of ether oxygens (including phenoxy) is 2. The Hall–Kier alpha value is -2.03. The monoisotopic (exact) mass is 741 g/mol. The van der Waals surface area contributed by atoms with Crippen molar-refractivity contribution in [1.29, 1.82) is 0 Å². The van der Waals surface area contributed by atoms with Crippen LogP contribution in [0.25, 0.3) is 0 Å². The molecule has 0 saturated carbocycles. The van der Waals surface area contributed by atoms with E-state index in [-0.39, 0.29) is 26.1 Å². The molecule has 0 radical (unpaired) electrons. The van der Waals surface area contributed by atoms with Crippen molar-refractivity contribution in [2.75, 3.05) is 47.5 Å². The lowest BCUT2D eigenvalue weighted by Gasteiger charge is -2.24. The second-order valence-corrected chi connectivity index (χ2v) is 15.7. The van der Waals surface area contributed by atoms with E-state index in [4.69, 9.17) is 18.5 Å². The number of esters is 2. The fourth-order valence-electron chi connectivity index (χ4n) is 5.00. The molecule has 0 aliphatic rings. The molecule has 0 spiro atoms. The average Bonchev–Trinajstić information content (AvgIpc) is 3.07. The lowest BCUT2D eigenvalue weighted by atomic mass is 10.0. The van der Waals surface area contributed by atoms with E-state index >= 15 is 0 Å². The number of rotatable bonds is 35. The Balaban J connectivity index is 4.49. The summed E-state index contributed by atoms with van der Waals surface area (Å²) in [5, 5.41) is 0. The highest BCUT2D eigenvalue weighted by atomic mass is 31.2. The molecule has 0 saturated heterocycles. The maximum Gasteiger partial charge on any atom is 0.472 e. The number of carbonyl (C=O) groups excluding carboxylic acids is 2. The van der Waals surface area contributed by atoms with Gasteiger partial charge >= 0.3 is 19.8 Å². The lowest BCUT2D eigenvalue weighted by molar-refractivity contribution is -0.870. The highest BCUT2D eigenvalue weighted by molar-refractivity contribution is 7.47. The van der Waals surface area contributed by atoms with Gasteiger partial charge < -0.3 is 18.9 Å². The first-order chi connectivity index (χ1) is 24.5. The van der Waals surface area contributed by atoms with Crippen LogP contribution in [0.3, 0.4) is 0 Å². The van der Waals surface area contributed by atoms with Crippen LogP contribution in [0, 0.1) is 0 Å². The number of unbranched alkanes of at least 4 members (excludes halogenated alkanes) is 13. The van der Waals surface area contributed by atoms with Crippen molar-refractivity contribution in [1.82, 2.24) is 0 Å². The second kappa shape index (κ2) is 33.8. The van der Waals surface area contributed by atoms with Crippen molar-refractivity contribution < 1.29 is 42.1 Å². The zero-order valence-electron chi connectivity index (χ0n) is 33.1. The first-order valence-corrected chi connectivity index (χ1v) is 21.4. The minimum atomic E-state index is -4.38. The van der Waals surface area contributed by atoms with Crippen LogP contribution in [0.1, 0.15) is 149 Å². The molecule has 9 nitrogen and oxygen atoms in total. The van der Waals surface area contributed by atoms with Gasteiger partial charge in [-0.15, -0.1) is 0 Å². The van der Waals surface area contributed by atoms with E-state index in [1.54, 1.807) is 0 Å². The van der Waals surface area contributed by atoms with Gasteiger partial charge in [0.15, 0.2) is 6.10 Å². The molecule has 296 valence electrons. The number of likely N-dealkylation sites (N-methyl/N-ethyl adjacent to an activating group) is 1. The first-order valence-electron chi connectivity index (χ1n) is 19.9. The highest BCUT2D eigenvalue weighted by Gasteiger charge is 2.27. The van der Waals surface area contributed by atoms with E-state index in [2.05, 4.69) is 62.5 Å². The van der Waals surface area contributed by atoms with Crippen LogP contribution in [0.2, 0.25) is 0 Å². The van der Waals surface area contributed by atoms with Crippen LogP contribution in [0.5, 0.6) is 0 Å². The van der Waals surface area contributed by atoms with E-state index in [0.717, 1.165) is 51.4 Å². The average molecular weight is 741 g/mol. The van der Waals surface area contributed by atoms with E-state index in [1.165, 1.54) is 57.8 Å². The number of phosphoric acid groups is 1. The Bertz CT molecular complexity index is 1020. The predicted molar refractivity (Wildman–Crippen MR) is 210 cm³/mol. The molecular formula is C41H75NO8P+. The van der Waals surface area contributed by atoms with E-state index in [1.807, 2.05) is 21.1 Å². The van der Waals surface area contributed by atoms with Crippen molar-refractivity contribution in [3.8, 4) is 0 Å². The number of allylic oxidation sites excluding steroid dienone is 8. The number of phosphoric ester groups is 1. The molecule has 1 N–H and O–H groups in total. The van der Waals surface area contributed by atoms with E-state index < -0.39 is 32.5 Å². The normalized spacial score (nSPS) is 14.2. The lowest BCUT2D eigenvalue weighted by Crippen LogP contribution is -2.37. The summed E-state index contributed by atoms with van der Waals surface area (Å²) in [7, 11) is 1.45. The summed E-state index contributed by atoms with van der Waals surface area (Å²) < 4.78 is 34.1. The van der Waals surface area contributed by atoms with Gasteiger partial charge in [-0.1, -0.05) is 133 Å². The molecule has 0 aromatic carbocycles. The molecule has 1 unspecified atom stereocenters. The fraction of sp³-hybridized carbons (Fsp3) is 0.756. The molecule has 0 aromatic rings. The molecule has 0 aromatic heterocycles. The summed E-state index contributed by atoms with van der Waals surface area (Å²) in [4.78, 5) is 35.2. The van der Waals surface area contributed by atoms with Gasteiger partial charge in [0.25, 0.3) is 0 Å². The smallest absolute Gasteiger partial charge is 0.462 e. The van der Waals surface area contributed by atoms with Crippen LogP contribution >= 0.6 is 7.82 Å². The molecule has 51 heavy (non-hydrogen) atoms. The van der Waals surface area contributed by atoms with Crippen LogP contribution in [-0.4, -0.2) is 74.9 Å². The Morgan fingerprint density at radius 1 is 0.627 bits per heavy atom. The third kappa shape index (κ3) is 37.5. The van der Waals surface area contributed by atoms with Gasteiger partial charge in [0.1, 0.15) is 19.8 Å². The standard InChI is InChI=1S/C41H74NO8P/c1-6-8-10-12-14-16-18-20-21-22-24-25-27-29-31-33-40(43)47-37-39(38-49-51(45,46)48-36-35-42(3,4)5)50-41(44)34-32-30-28-26-23-19-17-15-13-11-9-7-2/h8,10,14,16,20-21,24-25,39H,6-7,9,11-13,15,17-19,22-23,26-38H2,1-5H3/p+1/b10-8+,16-14+,21-20+,25-24+/t39-/m1/s1. The molecule has 2 atom stereocenters. The number of hydrogen-bond acceptors (Lipinski definition) is 7. The van der Waals surface area contributed by atoms with Gasteiger partial charge in [-0.3, -0.25) is 18.6 Å². The molecule has 0 heterocycles. The summed E-state index contributed by atoms with van der Waals surface area (Å²) in [6.45, 7) is 4.24. The van der Waals surface area contributed by atoms with Crippen molar-refractivity contribution in [3.05, 3.63) is 48.6 Å². The fourth-order valence-corrected chi connectivity index (χ4v) is 5.74. The molecule has 0 aliphatic heterocycles. The molecular weight excluding hydrogens is 665 g/mol. The molecule has 10 heteroatoms. The zero-order valence-corrected chi connectivity index (χ0v) is 34.0. The van der Waals surface area contributed by atoms with Crippen molar-refractivity contribution in [2.24, 2.45) is 0 Å². The summed E-state index contributed by atoms with van der Waals surface area (Å²) in [6, 6.07) is 0. The van der Waals surface area contributed by atoms with Gasteiger partial charge in [-0.25, -0.2) is 4.57 Å². The summed E-state index contributed by atoms with van der Waals surface area (Å²) >= 11 is 0. The summed E-state index contributed by atoms with van der Waals surface area (Å²) in [6.07, 6.45) is 37.3. The second-order valence-electron chi connectivity index (χ2n) is 14.3. The SMILES string of the molecule is CC/C=C/C/C=C/C/C=C/C/C=C/CCCCC(=O)OC[C@H](COP(=O)(O)OCC[N+](C)(C)C)OC(=O)CCCCCCCCCCCCCC. The first kappa shape index (κ1) is 49.0. The van der Waals surface area contributed by atoms with Crippen molar-refractivity contribution in [2.45, 2.75) is 155 Å². The van der Waals surface area contributed by atoms with E-state index in [9.17, 15) is 19.0 Å². The molecule has 0 amide bonds. The minimum Gasteiger partial charge on any atom is -0.462 e. The molecule has 0 rings (SSSR count). The molecule has 0 aliphatic carbocycles. The maximum absolute atomic E-state index is 12.6. The molecule has 0 fully saturated rings.